The molecule has 0 spiro atoms. The number of fused-ring (bicyclic) bond motifs is 2. The van der Waals surface area contributed by atoms with Crippen LogP contribution >= 0.6 is 11.3 Å². The van der Waals surface area contributed by atoms with E-state index in [2.05, 4.69) is 167 Å². The summed E-state index contributed by atoms with van der Waals surface area (Å²) in [5.41, 5.74) is 11.5. The molecule has 0 saturated carbocycles. The van der Waals surface area contributed by atoms with Crippen molar-refractivity contribution in [3.05, 3.63) is 174 Å². The normalized spacial score (nSPS) is 21.7. The number of benzene rings is 4. The van der Waals surface area contributed by atoms with E-state index < -0.39 is 0 Å². The third kappa shape index (κ3) is 4.50. The first kappa shape index (κ1) is 28.3. The highest BCUT2D eigenvalue weighted by atomic mass is 32.1. The smallest absolute Gasteiger partial charge is 0.0396 e. The Kier molecular flexibility index (Phi) is 7.44. The lowest BCUT2D eigenvalue weighted by Gasteiger charge is -2.49. The van der Waals surface area contributed by atoms with Gasteiger partial charge in [0.15, 0.2) is 0 Å². The highest BCUT2D eigenvalue weighted by molar-refractivity contribution is 7.22. The van der Waals surface area contributed by atoms with Crippen LogP contribution < -0.4 is 0 Å². The molecule has 0 aliphatic heterocycles. The summed E-state index contributed by atoms with van der Waals surface area (Å²) in [4.78, 5) is 1.36. The Morgan fingerprint density at radius 3 is 2.07 bits per heavy atom. The maximum absolute atomic E-state index is 4.53. The van der Waals surface area contributed by atoms with Gasteiger partial charge in [0.25, 0.3) is 0 Å². The molecular weight excluding hydrogens is 549 g/mol. The standard InChI is InChI=1S/C43H38S/c1-5-17-34-37(6-2)43(4,40-29(3)18-16-25-35(40)39(34)31-21-12-8-13-22-31)41-36-28-33(30-19-10-7-11-20-30)26-27-38(36)44-42(41)32-23-14-9-15-24-32/h5-17,19-29,40H,2,18H2,1,3-4H3/b17-5-. The summed E-state index contributed by atoms with van der Waals surface area (Å²) in [7, 11) is 0. The summed E-state index contributed by atoms with van der Waals surface area (Å²) in [6, 6.07) is 39.8. The molecule has 0 fully saturated rings. The zero-order valence-electron chi connectivity index (χ0n) is 25.8. The Morgan fingerprint density at radius 1 is 0.795 bits per heavy atom. The maximum Gasteiger partial charge on any atom is 0.0396 e. The van der Waals surface area contributed by atoms with Crippen molar-refractivity contribution in [3.63, 3.8) is 0 Å². The summed E-state index contributed by atoms with van der Waals surface area (Å²) in [6.07, 6.45) is 12.6. The molecule has 0 radical (unpaired) electrons. The van der Waals surface area contributed by atoms with E-state index in [-0.39, 0.29) is 11.3 Å². The van der Waals surface area contributed by atoms with Gasteiger partial charge in [0.2, 0.25) is 0 Å². The summed E-state index contributed by atoms with van der Waals surface area (Å²) in [5, 5.41) is 1.35. The van der Waals surface area contributed by atoms with Crippen molar-refractivity contribution in [2.75, 3.05) is 0 Å². The first-order chi connectivity index (χ1) is 21.6. The molecule has 4 aromatic carbocycles. The molecule has 0 bridgehead atoms. The fourth-order valence-corrected chi connectivity index (χ4v) is 9.21. The van der Waals surface area contributed by atoms with Gasteiger partial charge in [-0.15, -0.1) is 11.3 Å². The summed E-state index contributed by atoms with van der Waals surface area (Å²) >= 11 is 1.93. The molecule has 0 nitrogen and oxygen atoms in total. The summed E-state index contributed by atoms with van der Waals surface area (Å²) in [5.74, 6) is 0.738. The lowest BCUT2D eigenvalue weighted by atomic mass is 9.53. The first-order valence-corrected chi connectivity index (χ1v) is 16.5. The van der Waals surface area contributed by atoms with E-state index in [4.69, 9.17) is 0 Å². The summed E-state index contributed by atoms with van der Waals surface area (Å²) in [6.45, 7) is 11.6. The second kappa shape index (κ2) is 11.6. The molecule has 1 aromatic heterocycles. The predicted molar refractivity (Wildman–Crippen MR) is 192 cm³/mol. The fourth-order valence-electron chi connectivity index (χ4n) is 7.91. The Hall–Kier alpha value is -4.46. The van der Waals surface area contributed by atoms with Crippen LogP contribution in [0.2, 0.25) is 0 Å². The van der Waals surface area contributed by atoms with Crippen LogP contribution in [0.4, 0.5) is 0 Å². The van der Waals surface area contributed by atoms with Crippen LogP contribution in [0.5, 0.6) is 0 Å². The molecule has 0 saturated heterocycles. The van der Waals surface area contributed by atoms with E-state index in [0.717, 1.165) is 6.42 Å². The molecule has 0 N–H and O–H groups in total. The van der Waals surface area contributed by atoms with Gasteiger partial charge in [0.1, 0.15) is 0 Å². The molecule has 0 amide bonds. The lowest BCUT2D eigenvalue weighted by molar-refractivity contribution is 0.286. The average Bonchev–Trinajstić information content (AvgIpc) is 3.46. The van der Waals surface area contributed by atoms with Crippen LogP contribution in [0.15, 0.2) is 163 Å². The molecule has 3 atom stereocenters. The minimum atomic E-state index is -0.312. The van der Waals surface area contributed by atoms with E-state index in [1.807, 2.05) is 11.3 Å². The number of hydrogen-bond acceptors (Lipinski definition) is 1. The highest BCUT2D eigenvalue weighted by Crippen LogP contribution is 2.61. The molecule has 2 aliphatic carbocycles. The van der Waals surface area contributed by atoms with Crippen molar-refractivity contribution < 1.29 is 0 Å². The van der Waals surface area contributed by atoms with Gasteiger partial charge in [-0.05, 0) is 86.9 Å². The number of thiophene rings is 1. The minimum Gasteiger partial charge on any atom is -0.135 e. The van der Waals surface area contributed by atoms with E-state index in [9.17, 15) is 0 Å². The largest absolute Gasteiger partial charge is 0.135 e. The van der Waals surface area contributed by atoms with Crippen molar-refractivity contribution in [3.8, 4) is 21.6 Å². The molecule has 216 valence electrons. The monoisotopic (exact) mass is 586 g/mol. The van der Waals surface area contributed by atoms with Gasteiger partial charge < -0.3 is 0 Å². The Labute approximate surface area is 266 Å². The third-order valence-corrected chi connectivity index (χ3v) is 10.9. The van der Waals surface area contributed by atoms with E-state index in [1.54, 1.807) is 0 Å². The Balaban J connectivity index is 1.62. The van der Waals surface area contributed by atoms with Crippen molar-refractivity contribution in [1.29, 1.82) is 0 Å². The van der Waals surface area contributed by atoms with Crippen LogP contribution in [0.25, 0.3) is 37.2 Å². The number of hydrogen-bond donors (Lipinski definition) is 0. The second-order valence-corrected chi connectivity index (χ2v) is 13.3. The number of allylic oxidation sites excluding steroid dienone is 9. The maximum atomic E-state index is 4.53. The van der Waals surface area contributed by atoms with Crippen LogP contribution in [-0.4, -0.2) is 0 Å². The van der Waals surface area contributed by atoms with Crippen LogP contribution in [0.1, 0.15) is 38.3 Å². The van der Waals surface area contributed by atoms with Crippen LogP contribution in [0, 0.1) is 11.8 Å². The average molecular weight is 587 g/mol. The molecule has 3 unspecified atom stereocenters. The highest BCUT2D eigenvalue weighted by Gasteiger charge is 2.50. The Morgan fingerprint density at radius 2 is 1.43 bits per heavy atom. The van der Waals surface area contributed by atoms with Crippen molar-refractivity contribution in [2.45, 2.75) is 32.6 Å². The zero-order chi connectivity index (χ0) is 30.3. The molecule has 2 aliphatic rings. The zero-order valence-corrected chi connectivity index (χ0v) is 26.6. The van der Waals surface area contributed by atoms with E-state index in [0.29, 0.717) is 5.92 Å². The van der Waals surface area contributed by atoms with Gasteiger partial charge in [0, 0.05) is 20.9 Å². The van der Waals surface area contributed by atoms with Gasteiger partial charge in [-0.2, -0.15) is 0 Å². The summed E-state index contributed by atoms with van der Waals surface area (Å²) < 4.78 is 1.33. The lowest BCUT2D eigenvalue weighted by Crippen LogP contribution is -2.43. The van der Waals surface area contributed by atoms with Gasteiger partial charge >= 0.3 is 0 Å². The van der Waals surface area contributed by atoms with Gasteiger partial charge in [0.05, 0.1) is 0 Å². The van der Waals surface area contributed by atoms with Gasteiger partial charge in [-0.3, -0.25) is 0 Å². The molecule has 7 rings (SSSR count). The van der Waals surface area contributed by atoms with Crippen LogP contribution in [-0.2, 0) is 5.41 Å². The van der Waals surface area contributed by atoms with Crippen molar-refractivity contribution in [1.82, 2.24) is 0 Å². The van der Waals surface area contributed by atoms with E-state index in [1.165, 1.54) is 65.1 Å². The third-order valence-electron chi connectivity index (χ3n) is 9.69. The Bertz CT molecular complexity index is 1960. The van der Waals surface area contributed by atoms with Gasteiger partial charge in [-0.25, -0.2) is 0 Å². The molecule has 1 heterocycles. The SMILES string of the molecule is C=CC1=C(/C=C\C)C(c2ccccc2)=C2C=CCC(C)C2C1(C)c1c(-c2ccccc2)sc2ccc(-c3ccccc3)cc12. The fraction of sp³-hybridized carbons (Fsp3) is 0.163. The first-order valence-electron chi connectivity index (χ1n) is 15.7. The van der Waals surface area contributed by atoms with E-state index >= 15 is 0 Å². The topological polar surface area (TPSA) is 0 Å². The predicted octanol–water partition coefficient (Wildman–Crippen LogP) is 12.2. The quantitative estimate of drug-likeness (QED) is 0.186. The molecule has 1 heteroatoms. The van der Waals surface area contributed by atoms with Gasteiger partial charge in [-0.1, -0.05) is 148 Å². The van der Waals surface area contributed by atoms with Crippen molar-refractivity contribution in [2.24, 2.45) is 11.8 Å². The molecule has 5 aromatic rings. The molecular formula is C43H38S. The van der Waals surface area contributed by atoms with Crippen LogP contribution in [0.3, 0.4) is 0 Å². The number of rotatable bonds is 6. The second-order valence-electron chi connectivity index (χ2n) is 12.3. The van der Waals surface area contributed by atoms with Crippen molar-refractivity contribution >= 4 is 27.0 Å². The molecule has 44 heavy (non-hydrogen) atoms. The minimum absolute atomic E-state index is 0.283.